The van der Waals surface area contributed by atoms with Crippen molar-refractivity contribution in [1.82, 2.24) is 0 Å². The Bertz CT molecular complexity index is 513. The van der Waals surface area contributed by atoms with Crippen molar-refractivity contribution in [3.8, 4) is 0 Å². The SMILES string of the molecule is CC.CCCC(C(=O)Nc1c(C)cccc1C)[N+]1(CC)CCCCC1. The fourth-order valence-electron chi connectivity index (χ4n) is 4.14. The van der Waals surface area contributed by atoms with Crippen molar-refractivity contribution in [2.45, 2.75) is 79.7 Å². The van der Waals surface area contributed by atoms with Gasteiger partial charge in [0.15, 0.2) is 6.04 Å². The number of nitrogens with one attached hydrogen (secondary N) is 1. The maximum Gasteiger partial charge on any atom is 0.282 e. The summed E-state index contributed by atoms with van der Waals surface area (Å²) in [6, 6.07) is 6.28. The summed E-state index contributed by atoms with van der Waals surface area (Å²) in [6.07, 6.45) is 5.86. The van der Waals surface area contributed by atoms with Gasteiger partial charge in [-0.15, -0.1) is 0 Å². The van der Waals surface area contributed by atoms with Crippen LogP contribution >= 0.6 is 0 Å². The molecule has 0 aromatic heterocycles. The maximum absolute atomic E-state index is 13.1. The molecule has 1 amide bonds. The highest BCUT2D eigenvalue weighted by atomic mass is 16.2. The van der Waals surface area contributed by atoms with Gasteiger partial charge in [-0.1, -0.05) is 39.0 Å². The Balaban J connectivity index is 0.00000151. The van der Waals surface area contributed by atoms with Gasteiger partial charge >= 0.3 is 0 Å². The number of carbonyl (C=O) groups excluding carboxylic acids is 1. The molecule has 0 aliphatic carbocycles. The van der Waals surface area contributed by atoms with Gasteiger partial charge in [0.05, 0.1) is 19.6 Å². The average Bonchev–Trinajstić information content (AvgIpc) is 2.65. The number of amides is 1. The number of carbonyl (C=O) groups is 1. The zero-order valence-corrected chi connectivity index (χ0v) is 17.3. The van der Waals surface area contributed by atoms with E-state index in [1.54, 1.807) is 0 Å². The molecule has 25 heavy (non-hydrogen) atoms. The van der Waals surface area contributed by atoms with Crippen molar-refractivity contribution in [3.63, 3.8) is 0 Å². The van der Waals surface area contributed by atoms with Gasteiger partial charge in [-0.05, 0) is 57.6 Å². The zero-order chi connectivity index (χ0) is 18.9. The molecular weight excluding hydrogens is 308 g/mol. The number of para-hydroxylation sites is 1. The molecule has 1 heterocycles. The molecule has 142 valence electrons. The molecule has 2 rings (SSSR count). The second kappa shape index (κ2) is 10.6. The van der Waals surface area contributed by atoms with Crippen LogP contribution in [0.3, 0.4) is 0 Å². The highest BCUT2D eigenvalue weighted by Crippen LogP contribution is 2.27. The third-order valence-corrected chi connectivity index (χ3v) is 5.59. The number of rotatable bonds is 6. The molecule has 1 aromatic rings. The van der Waals surface area contributed by atoms with Crippen LogP contribution in [0.25, 0.3) is 0 Å². The molecule has 1 unspecified atom stereocenters. The number of quaternary nitrogens is 1. The Kier molecular flexibility index (Phi) is 9.20. The van der Waals surface area contributed by atoms with Gasteiger partial charge in [-0.2, -0.15) is 0 Å². The second-order valence-electron chi connectivity index (χ2n) is 7.10. The van der Waals surface area contributed by atoms with Crippen LogP contribution in [0.15, 0.2) is 18.2 Å². The van der Waals surface area contributed by atoms with Crippen LogP contribution in [-0.4, -0.2) is 36.1 Å². The van der Waals surface area contributed by atoms with E-state index >= 15 is 0 Å². The molecule has 3 heteroatoms. The molecule has 1 N–H and O–H groups in total. The van der Waals surface area contributed by atoms with E-state index in [4.69, 9.17) is 0 Å². The Morgan fingerprint density at radius 3 is 2.12 bits per heavy atom. The third kappa shape index (κ3) is 5.31. The van der Waals surface area contributed by atoms with Crippen molar-refractivity contribution < 1.29 is 9.28 Å². The van der Waals surface area contributed by atoms with Gasteiger partial charge in [0.1, 0.15) is 0 Å². The molecule has 0 saturated carbocycles. The molecule has 1 saturated heterocycles. The van der Waals surface area contributed by atoms with Gasteiger partial charge in [0, 0.05) is 12.1 Å². The Labute approximate surface area is 155 Å². The number of likely N-dealkylation sites (tertiary alicyclic amines) is 1. The summed E-state index contributed by atoms with van der Waals surface area (Å²) in [7, 11) is 0. The minimum Gasteiger partial charge on any atom is -0.320 e. The van der Waals surface area contributed by atoms with Crippen molar-refractivity contribution in [2.75, 3.05) is 25.0 Å². The standard InChI is InChI=1S/C20H32N2O.C2H6/c1-5-11-18(22(6-2)14-8-7-9-15-22)20(23)21-19-16(3)12-10-13-17(19)4;1-2/h10,12-13,18H,5-9,11,14-15H2,1-4H3;1-2H3/p+1. The molecule has 1 atom stereocenters. The van der Waals surface area contributed by atoms with Gasteiger partial charge in [0.2, 0.25) is 0 Å². The minimum atomic E-state index is 0.0873. The Hall–Kier alpha value is -1.35. The van der Waals surface area contributed by atoms with Crippen LogP contribution in [0.1, 0.15) is 70.9 Å². The second-order valence-corrected chi connectivity index (χ2v) is 7.10. The van der Waals surface area contributed by atoms with Crippen LogP contribution in [0.5, 0.6) is 0 Å². The normalized spacial score (nSPS) is 17.2. The summed E-state index contributed by atoms with van der Waals surface area (Å²) in [5.41, 5.74) is 3.30. The van der Waals surface area contributed by atoms with Gasteiger partial charge in [0.25, 0.3) is 5.91 Å². The Morgan fingerprint density at radius 2 is 1.64 bits per heavy atom. The summed E-state index contributed by atoms with van der Waals surface area (Å²) >= 11 is 0. The number of anilines is 1. The monoisotopic (exact) mass is 347 g/mol. The van der Waals surface area contributed by atoms with E-state index < -0.39 is 0 Å². The topological polar surface area (TPSA) is 29.1 Å². The summed E-state index contributed by atoms with van der Waals surface area (Å²) in [4.78, 5) is 13.1. The number of hydrogen-bond acceptors (Lipinski definition) is 1. The number of aryl methyl sites for hydroxylation is 2. The van der Waals surface area contributed by atoms with E-state index in [1.165, 1.54) is 19.3 Å². The van der Waals surface area contributed by atoms with Crippen molar-refractivity contribution in [1.29, 1.82) is 0 Å². The van der Waals surface area contributed by atoms with Crippen molar-refractivity contribution >= 4 is 11.6 Å². The lowest BCUT2D eigenvalue weighted by Crippen LogP contribution is -2.61. The van der Waals surface area contributed by atoms with Gasteiger partial charge in [-0.25, -0.2) is 0 Å². The first-order chi connectivity index (χ1) is 12.0. The molecule has 3 nitrogen and oxygen atoms in total. The van der Waals surface area contributed by atoms with E-state index in [-0.39, 0.29) is 11.9 Å². The fraction of sp³-hybridized carbons (Fsp3) is 0.682. The summed E-state index contributed by atoms with van der Waals surface area (Å²) in [5.74, 6) is 0.216. The summed E-state index contributed by atoms with van der Waals surface area (Å²) in [5, 5.41) is 3.27. The maximum atomic E-state index is 13.1. The first-order valence-corrected chi connectivity index (χ1v) is 10.3. The molecule has 1 aliphatic rings. The molecule has 1 aliphatic heterocycles. The molecule has 1 fully saturated rings. The Morgan fingerprint density at radius 1 is 1.08 bits per heavy atom. The quantitative estimate of drug-likeness (QED) is 0.680. The number of piperidine rings is 1. The predicted molar refractivity (Wildman–Crippen MR) is 109 cm³/mol. The first-order valence-electron chi connectivity index (χ1n) is 10.3. The van der Waals surface area contributed by atoms with Gasteiger partial charge in [-0.3, -0.25) is 4.79 Å². The molecule has 1 aromatic carbocycles. The minimum absolute atomic E-state index is 0.0873. The lowest BCUT2D eigenvalue weighted by atomic mass is 9.98. The van der Waals surface area contributed by atoms with E-state index in [0.29, 0.717) is 0 Å². The number of hydrogen-bond donors (Lipinski definition) is 1. The fourth-order valence-corrected chi connectivity index (χ4v) is 4.14. The van der Waals surface area contributed by atoms with Gasteiger partial charge < -0.3 is 9.80 Å². The molecule has 0 spiro atoms. The lowest BCUT2D eigenvalue weighted by molar-refractivity contribution is -0.945. The highest BCUT2D eigenvalue weighted by molar-refractivity contribution is 5.95. The van der Waals surface area contributed by atoms with Crippen LogP contribution in [-0.2, 0) is 4.79 Å². The third-order valence-electron chi connectivity index (χ3n) is 5.59. The zero-order valence-electron chi connectivity index (χ0n) is 17.3. The number of likely N-dealkylation sites (N-methyl/N-ethyl adjacent to an activating group) is 1. The van der Waals surface area contributed by atoms with E-state index in [2.05, 4.69) is 51.2 Å². The molecular formula is C22H39N2O+. The number of benzene rings is 1. The average molecular weight is 348 g/mol. The van der Waals surface area contributed by atoms with Crippen LogP contribution in [0, 0.1) is 13.8 Å². The first kappa shape index (κ1) is 21.7. The van der Waals surface area contributed by atoms with Crippen LogP contribution < -0.4 is 5.32 Å². The number of nitrogens with zero attached hydrogens (tertiary/aromatic N) is 1. The van der Waals surface area contributed by atoms with E-state index in [0.717, 1.165) is 53.8 Å². The summed E-state index contributed by atoms with van der Waals surface area (Å²) in [6.45, 7) is 16.0. The summed E-state index contributed by atoms with van der Waals surface area (Å²) < 4.78 is 0.977. The van der Waals surface area contributed by atoms with Crippen molar-refractivity contribution in [2.24, 2.45) is 0 Å². The smallest absolute Gasteiger partial charge is 0.282 e. The van der Waals surface area contributed by atoms with Crippen LogP contribution in [0.2, 0.25) is 0 Å². The predicted octanol–water partition coefficient (Wildman–Crippen LogP) is 5.46. The largest absolute Gasteiger partial charge is 0.320 e. The lowest BCUT2D eigenvalue weighted by Gasteiger charge is -2.46. The highest BCUT2D eigenvalue weighted by Gasteiger charge is 2.41. The molecule has 0 bridgehead atoms. The van der Waals surface area contributed by atoms with Crippen LogP contribution in [0.4, 0.5) is 5.69 Å². The van der Waals surface area contributed by atoms with E-state index in [9.17, 15) is 4.79 Å². The van der Waals surface area contributed by atoms with E-state index in [1.807, 2.05) is 13.8 Å². The molecule has 0 radical (unpaired) electrons. The van der Waals surface area contributed by atoms with Crippen molar-refractivity contribution in [3.05, 3.63) is 29.3 Å².